The van der Waals surface area contributed by atoms with E-state index < -0.39 is 17.9 Å². The molecule has 0 spiro atoms. The van der Waals surface area contributed by atoms with Gasteiger partial charge in [-0.3, -0.25) is 4.79 Å². The van der Waals surface area contributed by atoms with Gasteiger partial charge in [0.25, 0.3) is 0 Å². The molecule has 7 heteroatoms. The first kappa shape index (κ1) is 15.3. The average molecular weight is 331 g/mol. The van der Waals surface area contributed by atoms with Crippen LogP contribution in [0.3, 0.4) is 0 Å². The highest BCUT2D eigenvalue weighted by Gasteiger charge is 2.18. The van der Waals surface area contributed by atoms with Crippen molar-refractivity contribution < 1.29 is 19.4 Å². The topological polar surface area (TPSA) is 87.7 Å². The Kier molecular flexibility index (Phi) is 5.62. The lowest BCUT2D eigenvalue weighted by Gasteiger charge is -2.16. The molecule has 0 radical (unpaired) electrons. The van der Waals surface area contributed by atoms with Crippen LogP contribution in [0.25, 0.3) is 0 Å². The summed E-state index contributed by atoms with van der Waals surface area (Å²) in [6.45, 7) is 1.33. The highest BCUT2D eigenvalue weighted by atomic mass is 79.9. The summed E-state index contributed by atoms with van der Waals surface area (Å²) >= 11 is 3.32. The summed E-state index contributed by atoms with van der Waals surface area (Å²) in [4.78, 5) is 21.9. The van der Waals surface area contributed by atoms with Crippen LogP contribution in [0, 0.1) is 0 Å². The Labute approximate surface area is 119 Å². The van der Waals surface area contributed by atoms with Gasteiger partial charge in [-0.05, 0) is 18.2 Å². The Bertz CT molecular complexity index is 479. The Hall–Kier alpha value is -1.76. The average Bonchev–Trinajstić information content (AvgIpc) is 2.34. The number of amides is 1. The van der Waals surface area contributed by atoms with Gasteiger partial charge < -0.3 is 20.5 Å². The van der Waals surface area contributed by atoms with Crippen molar-refractivity contribution in [1.29, 1.82) is 0 Å². The van der Waals surface area contributed by atoms with Crippen LogP contribution in [0.15, 0.2) is 22.7 Å². The van der Waals surface area contributed by atoms with Gasteiger partial charge in [0.05, 0.1) is 12.8 Å². The van der Waals surface area contributed by atoms with Crippen LogP contribution in [0.2, 0.25) is 0 Å². The molecule has 0 aromatic heterocycles. The molecule has 1 rings (SSSR count). The van der Waals surface area contributed by atoms with E-state index in [2.05, 4.69) is 26.6 Å². The van der Waals surface area contributed by atoms with Gasteiger partial charge in [-0.2, -0.15) is 0 Å². The molecule has 6 nitrogen and oxygen atoms in total. The third-order valence-corrected chi connectivity index (χ3v) is 2.83. The van der Waals surface area contributed by atoms with Crippen molar-refractivity contribution in [2.75, 3.05) is 19.0 Å². The maximum atomic E-state index is 11.0. The number of anilines is 1. The Balaban J connectivity index is 2.76. The van der Waals surface area contributed by atoms with E-state index in [-0.39, 0.29) is 6.54 Å². The maximum Gasteiger partial charge on any atom is 0.328 e. The zero-order valence-electron chi connectivity index (χ0n) is 10.6. The number of aliphatic carboxylic acids is 1. The Morgan fingerprint density at radius 2 is 2.16 bits per heavy atom. The first-order valence-electron chi connectivity index (χ1n) is 5.51. The SMILES string of the molecule is COc1ccc(Br)cc1NCC(NC(C)=O)C(=O)O. The maximum absolute atomic E-state index is 11.0. The molecule has 3 N–H and O–H groups in total. The van der Waals surface area contributed by atoms with Gasteiger partial charge in [0.1, 0.15) is 11.8 Å². The van der Waals surface area contributed by atoms with Crippen LogP contribution in [0.4, 0.5) is 5.69 Å². The molecule has 0 aliphatic carbocycles. The number of hydrogen-bond donors (Lipinski definition) is 3. The second kappa shape index (κ2) is 6.98. The summed E-state index contributed by atoms with van der Waals surface area (Å²) in [6.07, 6.45) is 0. The Morgan fingerprint density at radius 3 is 2.68 bits per heavy atom. The van der Waals surface area contributed by atoms with Crippen LogP contribution in [0.1, 0.15) is 6.92 Å². The zero-order chi connectivity index (χ0) is 14.4. The molecule has 1 unspecified atom stereocenters. The van der Waals surface area contributed by atoms with Gasteiger partial charge in [-0.1, -0.05) is 15.9 Å². The standard InChI is InChI=1S/C12H15BrN2O4/c1-7(16)15-10(12(17)18)6-14-9-5-8(13)3-4-11(9)19-2/h3-5,10,14H,6H2,1-2H3,(H,15,16)(H,17,18). The van der Waals surface area contributed by atoms with Crippen molar-refractivity contribution in [3.63, 3.8) is 0 Å². The van der Waals surface area contributed by atoms with Gasteiger partial charge in [-0.25, -0.2) is 4.79 Å². The van der Waals surface area contributed by atoms with E-state index >= 15 is 0 Å². The van der Waals surface area contributed by atoms with E-state index in [4.69, 9.17) is 9.84 Å². The molecule has 104 valence electrons. The molecule has 0 saturated heterocycles. The fourth-order valence-corrected chi connectivity index (χ4v) is 1.84. The number of halogens is 1. The number of hydrogen-bond acceptors (Lipinski definition) is 4. The molecular weight excluding hydrogens is 316 g/mol. The second-order valence-corrected chi connectivity index (χ2v) is 4.73. The molecule has 19 heavy (non-hydrogen) atoms. The summed E-state index contributed by atoms with van der Waals surface area (Å²) in [5.41, 5.74) is 0.647. The van der Waals surface area contributed by atoms with Gasteiger partial charge in [0.2, 0.25) is 5.91 Å². The molecule has 0 aliphatic rings. The molecule has 0 fully saturated rings. The molecule has 0 heterocycles. The number of carboxylic acid groups (broad SMARTS) is 1. The van der Waals surface area contributed by atoms with Crippen molar-refractivity contribution in [3.05, 3.63) is 22.7 Å². The van der Waals surface area contributed by atoms with E-state index in [1.54, 1.807) is 12.1 Å². The zero-order valence-corrected chi connectivity index (χ0v) is 12.2. The quantitative estimate of drug-likeness (QED) is 0.735. The summed E-state index contributed by atoms with van der Waals surface area (Å²) in [5.74, 6) is -0.901. The minimum absolute atomic E-state index is 0.0573. The fraction of sp³-hybridized carbons (Fsp3) is 0.333. The lowest BCUT2D eigenvalue weighted by atomic mass is 10.2. The molecule has 0 bridgehead atoms. The molecule has 1 aromatic rings. The number of methoxy groups -OCH3 is 1. The summed E-state index contributed by atoms with van der Waals surface area (Å²) in [6, 6.07) is 4.33. The van der Waals surface area contributed by atoms with Gasteiger partial charge in [-0.15, -0.1) is 0 Å². The van der Waals surface area contributed by atoms with E-state index in [0.717, 1.165) is 4.47 Å². The van der Waals surface area contributed by atoms with Crippen LogP contribution >= 0.6 is 15.9 Å². The van der Waals surface area contributed by atoms with Gasteiger partial charge in [0.15, 0.2) is 0 Å². The largest absolute Gasteiger partial charge is 0.495 e. The predicted octanol–water partition coefficient (Wildman–Crippen LogP) is 1.46. The minimum Gasteiger partial charge on any atom is -0.495 e. The number of carboxylic acids is 1. The summed E-state index contributed by atoms with van der Waals surface area (Å²) < 4.78 is 5.99. The van der Waals surface area contributed by atoms with Crippen LogP contribution in [-0.2, 0) is 9.59 Å². The number of rotatable bonds is 6. The minimum atomic E-state index is -1.10. The predicted molar refractivity (Wildman–Crippen MR) is 74.4 cm³/mol. The van der Waals surface area contributed by atoms with Crippen LogP contribution < -0.4 is 15.4 Å². The van der Waals surface area contributed by atoms with Crippen molar-refractivity contribution >= 4 is 33.5 Å². The van der Waals surface area contributed by atoms with Crippen molar-refractivity contribution in [2.24, 2.45) is 0 Å². The number of nitrogens with one attached hydrogen (secondary N) is 2. The number of carbonyl (C=O) groups is 2. The monoisotopic (exact) mass is 330 g/mol. The second-order valence-electron chi connectivity index (χ2n) is 3.82. The van der Waals surface area contributed by atoms with E-state index in [1.165, 1.54) is 14.0 Å². The van der Waals surface area contributed by atoms with Gasteiger partial charge >= 0.3 is 5.97 Å². The molecule has 0 saturated carbocycles. The number of carbonyl (C=O) groups excluding carboxylic acids is 1. The first-order chi connectivity index (χ1) is 8.93. The fourth-order valence-electron chi connectivity index (χ4n) is 1.48. The summed E-state index contributed by atoms with van der Waals surface area (Å²) in [7, 11) is 1.52. The highest BCUT2D eigenvalue weighted by molar-refractivity contribution is 9.10. The van der Waals surface area contributed by atoms with E-state index in [9.17, 15) is 9.59 Å². The number of ether oxygens (including phenoxy) is 1. The third-order valence-electron chi connectivity index (χ3n) is 2.33. The van der Waals surface area contributed by atoms with Crippen molar-refractivity contribution in [2.45, 2.75) is 13.0 Å². The first-order valence-corrected chi connectivity index (χ1v) is 6.30. The third kappa shape index (κ3) is 4.78. The molecule has 1 amide bonds. The number of benzene rings is 1. The van der Waals surface area contributed by atoms with E-state index in [1.807, 2.05) is 6.07 Å². The lowest BCUT2D eigenvalue weighted by Crippen LogP contribution is -2.44. The Morgan fingerprint density at radius 1 is 1.47 bits per heavy atom. The van der Waals surface area contributed by atoms with E-state index in [0.29, 0.717) is 11.4 Å². The normalized spacial score (nSPS) is 11.5. The van der Waals surface area contributed by atoms with Crippen LogP contribution in [0.5, 0.6) is 5.75 Å². The van der Waals surface area contributed by atoms with Crippen LogP contribution in [-0.4, -0.2) is 36.7 Å². The molecule has 1 aromatic carbocycles. The molecule has 0 aliphatic heterocycles. The highest BCUT2D eigenvalue weighted by Crippen LogP contribution is 2.27. The van der Waals surface area contributed by atoms with Crippen molar-refractivity contribution in [3.8, 4) is 5.75 Å². The molecule has 1 atom stereocenters. The van der Waals surface area contributed by atoms with Gasteiger partial charge in [0, 0.05) is 17.9 Å². The lowest BCUT2D eigenvalue weighted by molar-refractivity contribution is -0.141. The van der Waals surface area contributed by atoms with Crippen molar-refractivity contribution in [1.82, 2.24) is 5.32 Å². The smallest absolute Gasteiger partial charge is 0.328 e. The summed E-state index contributed by atoms with van der Waals surface area (Å²) in [5, 5.41) is 14.3. The molecular formula is C12H15BrN2O4.